The molecule has 5 nitrogen and oxygen atoms in total. The lowest BCUT2D eigenvalue weighted by molar-refractivity contribution is -0.118. The number of ether oxygens (including phenoxy) is 2. The summed E-state index contributed by atoms with van der Waals surface area (Å²) in [6, 6.07) is 12.9. The van der Waals surface area contributed by atoms with Crippen molar-refractivity contribution in [3.05, 3.63) is 58.6 Å². The highest BCUT2D eigenvalue weighted by Gasteiger charge is 2.24. The Morgan fingerprint density at radius 2 is 1.86 bits per heavy atom. The lowest BCUT2D eigenvalue weighted by atomic mass is 10.1. The number of hydrogen-bond donors (Lipinski definition) is 1. The first kappa shape index (κ1) is 21.6. The van der Waals surface area contributed by atoms with E-state index in [0.29, 0.717) is 16.5 Å². The van der Waals surface area contributed by atoms with Crippen LogP contribution >= 0.6 is 23.8 Å². The van der Waals surface area contributed by atoms with Crippen molar-refractivity contribution in [3.63, 3.8) is 0 Å². The number of nitrogens with one attached hydrogen (secondary N) is 1. The molecule has 2 aromatic carbocycles. The van der Waals surface area contributed by atoms with Crippen LogP contribution in [0.15, 0.2) is 42.5 Å². The Morgan fingerprint density at radius 1 is 1.21 bits per heavy atom. The van der Waals surface area contributed by atoms with Crippen molar-refractivity contribution in [3.8, 4) is 5.75 Å². The van der Waals surface area contributed by atoms with Crippen molar-refractivity contribution in [2.75, 3.05) is 25.0 Å². The lowest BCUT2D eigenvalue weighted by Crippen LogP contribution is -2.47. The summed E-state index contributed by atoms with van der Waals surface area (Å²) in [5.74, 6) is 0.359. The molecule has 1 heterocycles. The highest BCUT2D eigenvalue weighted by molar-refractivity contribution is 7.80. The van der Waals surface area contributed by atoms with E-state index >= 15 is 0 Å². The molecule has 3 rings (SSSR count). The molecule has 1 aliphatic heterocycles. The number of benzene rings is 2. The van der Waals surface area contributed by atoms with Gasteiger partial charge in [0.25, 0.3) is 5.91 Å². The predicted octanol–water partition coefficient (Wildman–Crippen LogP) is 4.45. The summed E-state index contributed by atoms with van der Waals surface area (Å²) in [6.07, 6.45) is 0.308. The van der Waals surface area contributed by atoms with E-state index in [4.69, 9.17) is 33.3 Å². The lowest BCUT2D eigenvalue weighted by Gasteiger charge is -2.37. The summed E-state index contributed by atoms with van der Waals surface area (Å²) >= 11 is 11.7. The fourth-order valence-corrected chi connectivity index (χ4v) is 3.70. The van der Waals surface area contributed by atoms with Gasteiger partial charge >= 0.3 is 0 Å². The monoisotopic (exact) mass is 432 g/mol. The van der Waals surface area contributed by atoms with E-state index in [1.165, 1.54) is 0 Å². The maximum absolute atomic E-state index is 12.1. The predicted molar refractivity (Wildman–Crippen MR) is 120 cm³/mol. The maximum Gasteiger partial charge on any atom is 0.262 e. The molecule has 7 heteroatoms. The highest BCUT2D eigenvalue weighted by Crippen LogP contribution is 2.20. The number of anilines is 1. The number of rotatable bonds is 5. The minimum Gasteiger partial charge on any atom is -0.484 e. The summed E-state index contributed by atoms with van der Waals surface area (Å²) < 4.78 is 11.4. The van der Waals surface area contributed by atoms with Gasteiger partial charge in [0.05, 0.1) is 12.2 Å². The molecule has 0 saturated carbocycles. The average Bonchev–Trinajstić information content (AvgIpc) is 2.68. The van der Waals surface area contributed by atoms with Gasteiger partial charge in [0.1, 0.15) is 10.7 Å². The molecular formula is C22H25ClN2O3S. The van der Waals surface area contributed by atoms with E-state index < -0.39 is 0 Å². The zero-order chi connectivity index (χ0) is 21.0. The molecular weight excluding hydrogens is 408 g/mol. The van der Waals surface area contributed by atoms with Gasteiger partial charge in [-0.3, -0.25) is 4.79 Å². The van der Waals surface area contributed by atoms with Crippen LogP contribution in [0.4, 0.5) is 5.69 Å². The van der Waals surface area contributed by atoms with Crippen molar-refractivity contribution in [2.45, 2.75) is 33.0 Å². The molecule has 29 heavy (non-hydrogen) atoms. The Kier molecular flexibility index (Phi) is 7.11. The van der Waals surface area contributed by atoms with Gasteiger partial charge in [-0.15, -0.1) is 0 Å². The van der Waals surface area contributed by atoms with Crippen molar-refractivity contribution < 1.29 is 14.3 Å². The smallest absolute Gasteiger partial charge is 0.262 e. The second kappa shape index (κ2) is 9.57. The van der Waals surface area contributed by atoms with Gasteiger partial charge in [0, 0.05) is 29.4 Å². The molecule has 2 atom stereocenters. The van der Waals surface area contributed by atoms with Crippen molar-refractivity contribution in [2.24, 2.45) is 0 Å². The first-order valence-electron chi connectivity index (χ1n) is 9.55. The van der Waals surface area contributed by atoms with E-state index in [-0.39, 0.29) is 24.7 Å². The number of aryl methyl sites for hydroxylation is 1. The first-order chi connectivity index (χ1) is 13.8. The van der Waals surface area contributed by atoms with Crippen LogP contribution in [-0.2, 0) is 9.53 Å². The molecule has 0 bridgehead atoms. The Balaban J connectivity index is 1.53. The van der Waals surface area contributed by atoms with Gasteiger partial charge in [-0.05, 0) is 62.7 Å². The number of nitrogens with zero attached hydrogens (tertiary/aromatic N) is 1. The van der Waals surface area contributed by atoms with E-state index in [1.807, 2.05) is 43.3 Å². The number of morpholine rings is 1. The highest BCUT2D eigenvalue weighted by atomic mass is 35.5. The van der Waals surface area contributed by atoms with Crippen LogP contribution < -0.4 is 10.1 Å². The van der Waals surface area contributed by atoms with Crippen LogP contribution in [0.1, 0.15) is 25.0 Å². The second-order valence-corrected chi connectivity index (χ2v) is 8.09. The Hall–Kier alpha value is -2.15. The molecule has 0 aliphatic carbocycles. The van der Waals surface area contributed by atoms with E-state index in [1.54, 1.807) is 6.07 Å². The molecule has 1 amide bonds. The zero-order valence-corrected chi connectivity index (χ0v) is 18.3. The van der Waals surface area contributed by atoms with Crippen molar-refractivity contribution in [1.82, 2.24) is 4.90 Å². The molecule has 0 spiro atoms. The normalized spacial score (nSPS) is 19.0. The number of hydrogen-bond acceptors (Lipinski definition) is 4. The van der Waals surface area contributed by atoms with Crippen molar-refractivity contribution >= 4 is 40.4 Å². The summed E-state index contributed by atoms with van der Waals surface area (Å²) in [6.45, 7) is 7.49. The zero-order valence-electron chi connectivity index (χ0n) is 16.8. The average molecular weight is 433 g/mol. The van der Waals surface area contributed by atoms with Crippen LogP contribution in [0.3, 0.4) is 0 Å². The largest absolute Gasteiger partial charge is 0.484 e. The van der Waals surface area contributed by atoms with Crippen LogP contribution in [0.25, 0.3) is 0 Å². The number of halogens is 1. The third-order valence-corrected chi connectivity index (χ3v) is 5.53. The molecule has 154 valence electrons. The molecule has 1 fully saturated rings. The molecule has 0 aromatic heterocycles. The number of amides is 1. The molecule has 1 saturated heterocycles. The van der Waals surface area contributed by atoms with Gasteiger partial charge < -0.3 is 19.7 Å². The number of carbonyl (C=O) groups is 1. The fraction of sp³-hybridized carbons (Fsp3) is 0.364. The summed E-state index contributed by atoms with van der Waals surface area (Å²) in [5.41, 5.74) is 2.55. The molecule has 2 aromatic rings. The minimum atomic E-state index is -0.249. The Morgan fingerprint density at radius 3 is 2.48 bits per heavy atom. The topological polar surface area (TPSA) is 50.8 Å². The van der Waals surface area contributed by atoms with Gasteiger partial charge in [-0.1, -0.05) is 29.9 Å². The number of thiocarbonyl (C=S) groups is 1. The van der Waals surface area contributed by atoms with Crippen LogP contribution in [0.5, 0.6) is 5.75 Å². The maximum atomic E-state index is 12.1. The first-order valence-corrected chi connectivity index (χ1v) is 10.3. The Bertz CT molecular complexity index is 878. The fourth-order valence-electron chi connectivity index (χ4n) is 3.24. The Labute approximate surface area is 181 Å². The van der Waals surface area contributed by atoms with Crippen LogP contribution in [-0.4, -0.2) is 47.7 Å². The summed E-state index contributed by atoms with van der Waals surface area (Å²) in [5, 5.41) is 3.38. The SMILES string of the molecule is Cc1ccc(NC(=O)COc2ccc(C(=S)N3C[C@@H](C)O[C@@H](C)C3)cc2)cc1Cl. The second-order valence-electron chi connectivity index (χ2n) is 7.29. The van der Waals surface area contributed by atoms with Gasteiger partial charge in [-0.25, -0.2) is 0 Å². The molecule has 1 N–H and O–H groups in total. The van der Waals surface area contributed by atoms with Crippen LogP contribution in [0.2, 0.25) is 5.02 Å². The van der Waals surface area contributed by atoms with Gasteiger partial charge in [-0.2, -0.15) is 0 Å². The minimum absolute atomic E-state index is 0.0895. The molecule has 0 radical (unpaired) electrons. The van der Waals surface area contributed by atoms with Crippen molar-refractivity contribution in [1.29, 1.82) is 0 Å². The van der Waals surface area contributed by atoms with E-state index in [2.05, 4.69) is 24.1 Å². The van der Waals surface area contributed by atoms with E-state index in [9.17, 15) is 4.79 Å². The van der Waals surface area contributed by atoms with Gasteiger partial charge in [0.2, 0.25) is 0 Å². The van der Waals surface area contributed by atoms with E-state index in [0.717, 1.165) is 29.2 Å². The quantitative estimate of drug-likeness (QED) is 0.707. The van der Waals surface area contributed by atoms with Crippen LogP contribution in [0, 0.1) is 6.92 Å². The third kappa shape index (κ3) is 5.92. The number of carbonyl (C=O) groups excluding carboxylic acids is 1. The standard InChI is InChI=1S/C22H25ClN2O3S/c1-14-4-7-18(10-20(14)23)24-21(26)13-27-19-8-5-17(6-9-19)22(29)25-11-15(2)28-16(3)12-25/h4-10,15-16H,11-13H2,1-3H3,(H,24,26)/t15-,16+. The molecule has 0 unspecified atom stereocenters. The third-order valence-electron chi connectivity index (χ3n) is 4.63. The summed E-state index contributed by atoms with van der Waals surface area (Å²) in [7, 11) is 0. The van der Waals surface area contributed by atoms with Gasteiger partial charge in [0.15, 0.2) is 6.61 Å². The summed E-state index contributed by atoms with van der Waals surface area (Å²) in [4.78, 5) is 15.1. The molecule has 1 aliphatic rings.